The van der Waals surface area contributed by atoms with Gasteiger partial charge in [0.05, 0.1) is 30.4 Å². The number of thiazole rings is 1. The molecule has 4 heterocycles. The predicted octanol–water partition coefficient (Wildman–Crippen LogP) is 5.69. The molecule has 8 nitrogen and oxygen atoms in total. The largest absolute Gasteiger partial charge is 0.496 e. The number of para-hydroxylation sites is 1. The first kappa shape index (κ1) is 25.4. The van der Waals surface area contributed by atoms with Crippen LogP contribution in [-0.2, 0) is 13.2 Å². The van der Waals surface area contributed by atoms with Gasteiger partial charge < -0.3 is 14.0 Å². The molecule has 10 heteroatoms. The van der Waals surface area contributed by atoms with Gasteiger partial charge in [-0.2, -0.15) is 5.26 Å². The Morgan fingerprint density at radius 3 is 2.66 bits per heavy atom. The van der Waals surface area contributed by atoms with Gasteiger partial charge in [0, 0.05) is 34.6 Å². The fourth-order valence-corrected chi connectivity index (χ4v) is 5.12. The summed E-state index contributed by atoms with van der Waals surface area (Å²) in [6.07, 6.45) is 1.63. The minimum absolute atomic E-state index is 0.0677. The van der Waals surface area contributed by atoms with Gasteiger partial charge in [0.25, 0.3) is 5.56 Å². The van der Waals surface area contributed by atoms with Crippen LogP contribution in [0.3, 0.4) is 0 Å². The Morgan fingerprint density at radius 2 is 1.92 bits per heavy atom. The number of aromatic nitrogens is 4. The molecule has 0 N–H and O–H groups in total. The van der Waals surface area contributed by atoms with Crippen molar-refractivity contribution < 1.29 is 9.47 Å². The fraction of sp³-hybridized carbons (Fsp3) is 0.179. The number of benzene rings is 1. The Morgan fingerprint density at radius 1 is 1.11 bits per heavy atom. The molecule has 5 rings (SSSR count). The molecule has 0 saturated heterocycles. The van der Waals surface area contributed by atoms with E-state index in [1.54, 1.807) is 24.9 Å². The Balaban J connectivity index is 1.55. The summed E-state index contributed by atoms with van der Waals surface area (Å²) in [5, 5.41) is 10.1. The van der Waals surface area contributed by atoms with E-state index in [1.165, 1.54) is 22.0 Å². The first-order valence-electron chi connectivity index (χ1n) is 11.6. The van der Waals surface area contributed by atoms with Crippen LogP contribution in [0.15, 0.2) is 59.0 Å². The van der Waals surface area contributed by atoms with Crippen molar-refractivity contribution in [3.8, 4) is 28.8 Å². The van der Waals surface area contributed by atoms with Gasteiger partial charge in [0.2, 0.25) is 0 Å². The summed E-state index contributed by atoms with van der Waals surface area (Å²) in [4.78, 5) is 26.6. The Kier molecular flexibility index (Phi) is 7.09. The van der Waals surface area contributed by atoms with Crippen LogP contribution in [-0.4, -0.2) is 26.6 Å². The van der Waals surface area contributed by atoms with E-state index in [2.05, 4.69) is 9.97 Å². The Bertz CT molecular complexity index is 1770. The monoisotopic (exact) mass is 543 g/mol. The number of halogens is 1. The number of ether oxygens (including phenoxy) is 2. The van der Waals surface area contributed by atoms with Crippen molar-refractivity contribution in [1.82, 2.24) is 19.5 Å². The van der Waals surface area contributed by atoms with Crippen molar-refractivity contribution in [2.24, 2.45) is 0 Å². The van der Waals surface area contributed by atoms with Gasteiger partial charge in [-0.1, -0.05) is 23.7 Å². The SMILES string of the molecule is COc1cc(C)nc(Cn2cccc(C#N)c2=O)c1COc1cccc2c(-c3ncsc3Cl)cc(C)nc12. The topological polar surface area (TPSA) is 103 Å². The minimum atomic E-state index is -0.383. The van der Waals surface area contributed by atoms with E-state index in [9.17, 15) is 10.1 Å². The van der Waals surface area contributed by atoms with Gasteiger partial charge in [-0.15, -0.1) is 11.3 Å². The molecule has 0 spiro atoms. The first-order valence-corrected chi connectivity index (χ1v) is 12.9. The zero-order valence-electron chi connectivity index (χ0n) is 20.9. The summed E-state index contributed by atoms with van der Waals surface area (Å²) >= 11 is 7.79. The molecule has 0 fully saturated rings. The fourth-order valence-electron chi connectivity index (χ4n) is 4.33. The van der Waals surface area contributed by atoms with Crippen LogP contribution in [0.25, 0.3) is 22.2 Å². The van der Waals surface area contributed by atoms with Gasteiger partial charge in [0.15, 0.2) is 0 Å². The third-order valence-corrected chi connectivity index (χ3v) is 7.12. The van der Waals surface area contributed by atoms with Crippen LogP contribution in [0, 0.1) is 25.2 Å². The molecule has 0 aliphatic carbocycles. The standard InChI is InChI=1S/C28H22ClN5O3S/c1-16-10-20(26-27(29)38-15-31-26)19-7-4-8-23(25(19)33-16)37-14-21-22(32-17(2)11-24(21)36-3)13-34-9-5-6-18(12-30)28(34)35/h4-11,15H,13-14H2,1-3H3. The molecule has 0 unspecified atom stereocenters. The molecule has 4 aromatic heterocycles. The predicted molar refractivity (Wildman–Crippen MR) is 147 cm³/mol. The van der Waals surface area contributed by atoms with Crippen LogP contribution >= 0.6 is 22.9 Å². The summed E-state index contributed by atoms with van der Waals surface area (Å²) in [7, 11) is 1.58. The van der Waals surface area contributed by atoms with Crippen LogP contribution in [0.2, 0.25) is 4.34 Å². The number of hydrogen-bond acceptors (Lipinski definition) is 8. The second-order valence-corrected chi connectivity index (χ2v) is 10.0. The quantitative estimate of drug-likeness (QED) is 0.259. The van der Waals surface area contributed by atoms with E-state index >= 15 is 0 Å². The van der Waals surface area contributed by atoms with Crippen molar-refractivity contribution in [3.05, 3.63) is 97.1 Å². The summed E-state index contributed by atoms with van der Waals surface area (Å²) in [5.41, 5.74) is 6.52. The number of fused-ring (bicyclic) bond motifs is 1. The number of aryl methyl sites for hydroxylation is 2. The van der Waals surface area contributed by atoms with Gasteiger partial charge in [0.1, 0.15) is 45.3 Å². The van der Waals surface area contributed by atoms with E-state index in [0.717, 1.165) is 22.3 Å². The maximum absolute atomic E-state index is 12.7. The van der Waals surface area contributed by atoms with Crippen molar-refractivity contribution in [3.63, 3.8) is 0 Å². The normalized spacial score (nSPS) is 10.9. The molecule has 38 heavy (non-hydrogen) atoms. The number of pyridine rings is 3. The Labute approximate surface area is 227 Å². The molecule has 1 aromatic carbocycles. The molecular weight excluding hydrogens is 522 g/mol. The van der Waals surface area contributed by atoms with Crippen molar-refractivity contribution in [1.29, 1.82) is 5.26 Å². The first-order chi connectivity index (χ1) is 18.4. The number of nitriles is 1. The number of hydrogen-bond donors (Lipinski definition) is 0. The van der Waals surface area contributed by atoms with Gasteiger partial charge in [-0.05, 0) is 38.1 Å². The number of methoxy groups -OCH3 is 1. The van der Waals surface area contributed by atoms with Crippen LogP contribution in [0.4, 0.5) is 0 Å². The summed E-state index contributed by atoms with van der Waals surface area (Å²) < 4.78 is 14.0. The maximum atomic E-state index is 12.7. The molecule has 0 amide bonds. The minimum Gasteiger partial charge on any atom is -0.496 e. The highest BCUT2D eigenvalue weighted by Gasteiger charge is 2.18. The zero-order chi connectivity index (χ0) is 26.8. The molecule has 190 valence electrons. The third kappa shape index (κ3) is 4.84. The summed E-state index contributed by atoms with van der Waals surface area (Å²) in [6, 6.07) is 14.6. The second-order valence-electron chi connectivity index (χ2n) is 8.58. The number of rotatable bonds is 7. The van der Waals surface area contributed by atoms with Crippen molar-refractivity contribution >= 4 is 33.8 Å². The lowest BCUT2D eigenvalue weighted by Crippen LogP contribution is -2.23. The highest BCUT2D eigenvalue weighted by Crippen LogP contribution is 2.37. The van der Waals surface area contributed by atoms with E-state index < -0.39 is 0 Å². The molecule has 0 bridgehead atoms. The molecule has 5 aromatic rings. The highest BCUT2D eigenvalue weighted by molar-refractivity contribution is 7.14. The van der Waals surface area contributed by atoms with Crippen LogP contribution < -0.4 is 15.0 Å². The van der Waals surface area contributed by atoms with Crippen LogP contribution in [0.5, 0.6) is 11.5 Å². The lowest BCUT2D eigenvalue weighted by Gasteiger charge is -2.17. The smallest absolute Gasteiger partial charge is 0.268 e. The lowest BCUT2D eigenvalue weighted by molar-refractivity contribution is 0.296. The summed E-state index contributed by atoms with van der Waals surface area (Å²) in [5.74, 6) is 1.17. The van der Waals surface area contributed by atoms with Crippen molar-refractivity contribution in [2.45, 2.75) is 27.0 Å². The van der Waals surface area contributed by atoms with Gasteiger partial charge in [-0.3, -0.25) is 9.78 Å². The molecule has 0 aliphatic heterocycles. The molecule has 0 atom stereocenters. The average Bonchev–Trinajstić information content (AvgIpc) is 3.34. The molecule has 0 saturated carbocycles. The zero-order valence-corrected chi connectivity index (χ0v) is 22.4. The van der Waals surface area contributed by atoms with Gasteiger partial charge in [-0.25, -0.2) is 9.97 Å². The summed E-state index contributed by atoms with van der Waals surface area (Å²) in [6.45, 7) is 4.05. The molecular formula is C28H22ClN5O3S. The van der Waals surface area contributed by atoms with E-state index in [4.69, 9.17) is 26.1 Å². The number of nitrogens with zero attached hydrogens (tertiary/aromatic N) is 5. The van der Waals surface area contributed by atoms with E-state index in [-0.39, 0.29) is 24.3 Å². The van der Waals surface area contributed by atoms with Gasteiger partial charge >= 0.3 is 0 Å². The maximum Gasteiger partial charge on any atom is 0.268 e. The average molecular weight is 544 g/mol. The highest BCUT2D eigenvalue weighted by atomic mass is 35.5. The van der Waals surface area contributed by atoms with Crippen LogP contribution in [0.1, 0.15) is 28.2 Å². The Hall–Kier alpha value is -4.26. The molecule has 0 aliphatic rings. The molecule has 0 radical (unpaired) electrons. The van der Waals surface area contributed by atoms with Crippen molar-refractivity contribution in [2.75, 3.05) is 7.11 Å². The second kappa shape index (κ2) is 10.6. The lowest BCUT2D eigenvalue weighted by atomic mass is 10.0. The third-order valence-electron chi connectivity index (χ3n) is 6.06. The van der Waals surface area contributed by atoms with E-state index in [1.807, 2.05) is 50.2 Å². The van der Waals surface area contributed by atoms with E-state index in [0.29, 0.717) is 38.3 Å².